The highest BCUT2D eigenvalue weighted by molar-refractivity contribution is 5.79. The Morgan fingerprint density at radius 2 is 2.18 bits per heavy atom. The van der Waals surface area contributed by atoms with Crippen LogP contribution in [0, 0.1) is 17.8 Å². The van der Waals surface area contributed by atoms with E-state index in [0.29, 0.717) is 5.92 Å². The van der Waals surface area contributed by atoms with Gasteiger partial charge in [-0.3, -0.25) is 4.79 Å². The molecule has 2 rings (SSSR count). The van der Waals surface area contributed by atoms with Gasteiger partial charge in [-0.05, 0) is 31.1 Å². The molecule has 1 amide bonds. The lowest BCUT2D eigenvalue weighted by atomic mass is 9.88. The van der Waals surface area contributed by atoms with Crippen LogP contribution >= 0.6 is 0 Å². The molecule has 0 unspecified atom stereocenters. The van der Waals surface area contributed by atoms with Gasteiger partial charge in [0.2, 0.25) is 5.91 Å². The van der Waals surface area contributed by atoms with E-state index >= 15 is 0 Å². The Hall–Kier alpha value is -0.530. The summed E-state index contributed by atoms with van der Waals surface area (Å²) in [7, 11) is 1.74. The summed E-state index contributed by atoms with van der Waals surface area (Å²) >= 11 is 0. The number of hydrogen-bond donors (Lipinski definition) is 1. The van der Waals surface area contributed by atoms with Gasteiger partial charge in [0.1, 0.15) is 0 Å². The van der Waals surface area contributed by atoms with E-state index < -0.39 is 0 Å². The van der Waals surface area contributed by atoms with Crippen molar-refractivity contribution >= 4 is 5.91 Å². The first-order valence-corrected chi connectivity index (χ1v) is 4.53. The molecule has 2 saturated carbocycles. The largest absolute Gasteiger partial charge is 0.359 e. The zero-order valence-electron chi connectivity index (χ0n) is 6.97. The molecule has 0 aliphatic heterocycles. The van der Waals surface area contributed by atoms with Crippen molar-refractivity contribution in [3.63, 3.8) is 0 Å². The third kappa shape index (κ3) is 1.05. The third-order valence-corrected chi connectivity index (χ3v) is 3.32. The van der Waals surface area contributed by atoms with Crippen LogP contribution in [0.2, 0.25) is 0 Å². The first-order chi connectivity index (χ1) is 5.31. The predicted octanol–water partition coefficient (Wildman–Crippen LogP) is 1.17. The summed E-state index contributed by atoms with van der Waals surface area (Å²) < 4.78 is 0. The molecule has 0 aromatic heterocycles. The van der Waals surface area contributed by atoms with E-state index in [4.69, 9.17) is 0 Å². The summed E-state index contributed by atoms with van der Waals surface area (Å²) in [6.45, 7) is 0. The minimum atomic E-state index is 0.275. The molecule has 3 atom stereocenters. The first kappa shape index (κ1) is 7.14. The monoisotopic (exact) mass is 153 g/mol. The lowest BCUT2D eigenvalue weighted by Gasteiger charge is -2.19. The molecule has 2 heteroatoms. The van der Waals surface area contributed by atoms with Gasteiger partial charge in [-0.25, -0.2) is 0 Å². The van der Waals surface area contributed by atoms with Gasteiger partial charge in [-0.2, -0.15) is 0 Å². The van der Waals surface area contributed by atoms with Crippen molar-refractivity contribution in [3.8, 4) is 0 Å². The van der Waals surface area contributed by atoms with E-state index in [1.54, 1.807) is 7.05 Å². The molecular weight excluding hydrogens is 138 g/mol. The molecule has 2 aliphatic carbocycles. The second-order valence-electron chi connectivity index (χ2n) is 3.90. The van der Waals surface area contributed by atoms with Crippen LogP contribution in [-0.4, -0.2) is 13.0 Å². The average Bonchev–Trinajstić information content (AvgIpc) is 2.62. The summed E-state index contributed by atoms with van der Waals surface area (Å²) in [4.78, 5) is 11.3. The van der Waals surface area contributed by atoms with Crippen molar-refractivity contribution in [2.45, 2.75) is 25.7 Å². The van der Waals surface area contributed by atoms with Gasteiger partial charge in [0.05, 0.1) is 0 Å². The van der Waals surface area contributed by atoms with E-state index in [2.05, 4.69) is 5.32 Å². The number of fused-ring (bicyclic) bond motifs is 2. The summed E-state index contributed by atoms with van der Waals surface area (Å²) in [5, 5.41) is 2.75. The van der Waals surface area contributed by atoms with Crippen LogP contribution in [-0.2, 0) is 4.79 Å². The Morgan fingerprint density at radius 1 is 1.36 bits per heavy atom. The van der Waals surface area contributed by atoms with Gasteiger partial charge < -0.3 is 5.32 Å². The van der Waals surface area contributed by atoms with Gasteiger partial charge in [0.15, 0.2) is 0 Å². The van der Waals surface area contributed by atoms with Gasteiger partial charge in [-0.1, -0.05) is 6.42 Å². The number of carbonyl (C=O) groups is 1. The van der Waals surface area contributed by atoms with Crippen molar-refractivity contribution in [2.24, 2.45) is 17.8 Å². The maximum Gasteiger partial charge on any atom is 0.223 e. The van der Waals surface area contributed by atoms with Crippen molar-refractivity contribution in [3.05, 3.63) is 0 Å². The van der Waals surface area contributed by atoms with Gasteiger partial charge in [0, 0.05) is 13.0 Å². The predicted molar refractivity (Wildman–Crippen MR) is 43.0 cm³/mol. The maximum absolute atomic E-state index is 11.3. The fourth-order valence-corrected chi connectivity index (χ4v) is 2.75. The highest BCUT2D eigenvalue weighted by atomic mass is 16.1. The molecule has 2 fully saturated rings. The Bertz CT molecular complexity index is 178. The van der Waals surface area contributed by atoms with Crippen molar-refractivity contribution in [1.82, 2.24) is 5.32 Å². The van der Waals surface area contributed by atoms with E-state index in [0.717, 1.165) is 18.3 Å². The first-order valence-electron chi connectivity index (χ1n) is 4.53. The highest BCUT2D eigenvalue weighted by Crippen LogP contribution is 2.48. The molecule has 0 aromatic carbocycles. The summed E-state index contributed by atoms with van der Waals surface area (Å²) in [5.74, 6) is 2.23. The van der Waals surface area contributed by atoms with Crippen molar-refractivity contribution < 1.29 is 4.79 Å². The van der Waals surface area contributed by atoms with Crippen molar-refractivity contribution in [1.29, 1.82) is 0 Å². The van der Waals surface area contributed by atoms with Crippen LogP contribution in [0.3, 0.4) is 0 Å². The molecule has 0 radical (unpaired) electrons. The number of hydrogen-bond acceptors (Lipinski definition) is 1. The molecule has 62 valence electrons. The smallest absolute Gasteiger partial charge is 0.223 e. The van der Waals surface area contributed by atoms with Gasteiger partial charge in [0.25, 0.3) is 0 Å². The molecule has 11 heavy (non-hydrogen) atoms. The van der Waals surface area contributed by atoms with Crippen LogP contribution < -0.4 is 5.32 Å². The Balaban J connectivity index is 2.02. The summed E-state index contributed by atoms with van der Waals surface area (Å²) in [5.41, 5.74) is 0. The molecular formula is C9H15NO. The molecule has 2 bridgehead atoms. The zero-order chi connectivity index (χ0) is 7.84. The summed E-state index contributed by atoms with van der Waals surface area (Å²) in [6, 6.07) is 0. The molecule has 0 saturated heterocycles. The lowest BCUT2D eigenvalue weighted by Crippen LogP contribution is -2.30. The van der Waals surface area contributed by atoms with Gasteiger partial charge >= 0.3 is 0 Å². The quantitative estimate of drug-likeness (QED) is 0.602. The summed E-state index contributed by atoms with van der Waals surface area (Å²) in [6.07, 6.45) is 5.14. The number of carbonyl (C=O) groups excluding carboxylic acids is 1. The normalized spacial score (nSPS) is 41.0. The van der Waals surface area contributed by atoms with Crippen LogP contribution in [0.25, 0.3) is 0 Å². The molecule has 0 spiro atoms. The third-order valence-electron chi connectivity index (χ3n) is 3.32. The van der Waals surface area contributed by atoms with Crippen LogP contribution in [0.1, 0.15) is 25.7 Å². The molecule has 2 nitrogen and oxygen atoms in total. The standard InChI is InChI=1S/C9H15NO/c1-10-9(11)8-5-6-2-3-7(8)4-6/h6-8H,2-5H2,1H3,(H,10,11)/t6-,7+,8+/m0/s1. The Labute approximate surface area is 67.4 Å². The molecule has 0 heterocycles. The number of rotatable bonds is 1. The second kappa shape index (κ2) is 2.50. The Kier molecular flexibility index (Phi) is 1.63. The minimum absolute atomic E-state index is 0.275. The molecule has 0 aromatic rings. The lowest BCUT2D eigenvalue weighted by molar-refractivity contribution is -0.126. The zero-order valence-corrected chi connectivity index (χ0v) is 6.97. The maximum atomic E-state index is 11.3. The molecule has 2 aliphatic rings. The number of amides is 1. The van der Waals surface area contributed by atoms with Crippen molar-refractivity contribution in [2.75, 3.05) is 7.05 Å². The highest BCUT2D eigenvalue weighted by Gasteiger charge is 2.42. The van der Waals surface area contributed by atoms with E-state index in [9.17, 15) is 4.79 Å². The Morgan fingerprint density at radius 3 is 2.64 bits per heavy atom. The van der Waals surface area contributed by atoms with Crippen LogP contribution in [0.15, 0.2) is 0 Å². The van der Waals surface area contributed by atoms with Crippen LogP contribution in [0.4, 0.5) is 0 Å². The van der Waals surface area contributed by atoms with E-state index in [1.807, 2.05) is 0 Å². The average molecular weight is 153 g/mol. The SMILES string of the molecule is CNC(=O)[C@@H]1C[C@H]2CC[C@@H]1C2. The van der Waals surface area contributed by atoms with E-state index in [-0.39, 0.29) is 5.91 Å². The molecule has 1 N–H and O–H groups in total. The van der Waals surface area contributed by atoms with E-state index in [1.165, 1.54) is 19.3 Å². The fourth-order valence-electron chi connectivity index (χ4n) is 2.75. The number of nitrogens with one attached hydrogen (secondary N) is 1. The second-order valence-corrected chi connectivity index (χ2v) is 3.90. The fraction of sp³-hybridized carbons (Fsp3) is 0.889. The minimum Gasteiger partial charge on any atom is -0.359 e. The topological polar surface area (TPSA) is 29.1 Å². The van der Waals surface area contributed by atoms with Crippen LogP contribution in [0.5, 0.6) is 0 Å². The van der Waals surface area contributed by atoms with Gasteiger partial charge in [-0.15, -0.1) is 0 Å².